The smallest absolute Gasteiger partial charge is 0.490 e. The Bertz CT molecular complexity index is 5260. The largest absolute Gasteiger partial charge is 0.491 e. The molecule has 0 aliphatic carbocycles. The van der Waals surface area contributed by atoms with E-state index in [9.17, 15) is 40.7 Å². The maximum absolute atomic E-state index is 13.0. The maximum atomic E-state index is 13.0. The number of rotatable bonds is 18. The fourth-order valence-corrected chi connectivity index (χ4v) is 12.7. The summed E-state index contributed by atoms with van der Waals surface area (Å²) in [6.07, 6.45) is -11.0. The number of fused-ring (bicyclic) bond motifs is 4. The lowest BCUT2D eigenvalue weighted by molar-refractivity contribution is -0.193. The molecule has 8 aromatic carbocycles. The quantitative estimate of drug-likeness (QED) is 0.00947. The van der Waals surface area contributed by atoms with E-state index in [0.717, 1.165) is 88.7 Å². The Labute approximate surface area is 637 Å². The summed E-state index contributed by atoms with van der Waals surface area (Å²) in [5.41, 5.74) is 27.0. The van der Waals surface area contributed by atoms with Crippen LogP contribution < -0.4 is 47.8 Å². The molecule has 0 radical (unpaired) electrons. The predicted octanol–water partition coefficient (Wildman–Crippen LogP) is 14.4. The van der Waals surface area contributed by atoms with Crippen molar-refractivity contribution in [3.8, 4) is 40.2 Å². The van der Waals surface area contributed by atoms with Crippen molar-refractivity contribution in [2.45, 2.75) is 25.4 Å². The van der Waals surface area contributed by atoms with Crippen LogP contribution in [0.25, 0.3) is 51.5 Å². The van der Waals surface area contributed by atoms with Gasteiger partial charge in [-0.1, -0.05) is 109 Å². The first kappa shape index (κ1) is 85.7. The first-order valence-electron chi connectivity index (χ1n) is 31.5. The van der Waals surface area contributed by atoms with Gasteiger partial charge in [-0.2, -0.15) is 26.3 Å². The Balaban J connectivity index is 0.000000218. The van der Waals surface area contributed by atoms with Gasteiger partial charge in [0.05, 0.1) is 26.1 Å². The lowest BCUT2D eigenvalue weighted by Crippen LogP contribution is -2.25. The van der Waals surface area contributed by atoms with Crippen molar-refractivity contribution < 1.29 is 94.5 Å². The van der Waals surface area contributed by atoms with Gasteiger partial charge < -0.3 is 72.9 Å². The molecule has 12 rings (SSSR count). The number of carbonyl (C=O) groups is 6. The number of halogens is 6. The number of thiophene rings is 4. The molecule has 0 aliphatic rings. The van der Waals surface area contributed by atoms with Crippen LogP contribution in [0.5, 0.6) is 17.2 Å². The summed E-state index contributed by atoms with van der Waals surface area (Å²) >= 11 is 5.84. The minimum Gasteiger partial charge on any atom is -0.491 e. The molecule has 2 amide bonds. The number of nitrogens with one attached hydrogen (secondary N) is 6. The second-order valence-electron chi connectivity index (χ2n) is 21.8. The molecule has 1 unspecified atom stereocenters. The molecule has 18 N–H and O–H groups in total. The second-order valence-corrected chi connectivity index (χ2v) is 26.1. The molecule has 0 fully saturated rings. The number of anilines is 2. The van der Waals surface area contributed by atoms with Crippen LogP contribution in [0.1, 0.15) is 43.7 Å². The molecule has 570 valence electrons. The number of para-hydroxylation sites is 3. The van der Waals surface area contributed by atoms with E-state index in [4.69, 9.17) is 98.3 Å². The van der Waals surface area contributed by atoms with E-state index < -0.39 is 30.4 Å². The Kier molecular flexibility index (Phi) is 32.4. The van der Waals surface area contributed by atoms with Crippen LogP contribution in [0, 0.1) is 33.5 Å². The number of nitrogens with two attached hydrogens (primary N) is 4. The Morgan fingerprint density at radius 1 is 0.536 bits per heavy atom. The molecular formula is C76H66F6N10O14S4. The molecule has 0 aliphatic heterocycles. The zero-order valence-corrected chi connectivity index (χ0v) is 60.5. The van der Waals surface area contributed by atoms with Crippen molar-refractivity contribution in [1.29, 1.82) is 21.6 Å². The first-order chi connectivity index (χ1) is 52.3. The molecule has 0 spiro atoms. The molecule has 4 heterocycles. The fourth-order valence-electron chi connectivity index (χ4n) is 8.99. The average Bonchev–Trinajstić information content (AvgIpc) is 1.65. The number of amidine groups is 4. The Morgan fingerprint density at radius 2 is 1.00 bits per heavy atom. The second kappa shape index (κ2) is 41.6. The zero-order valence-electron chi connectivity index (χ0n) is 57.3. The van der Waals surface area contributed by atoms with Crippen LogP contribution in [0.3, 0.4) is 0 Å². The number of hydrogen-bond acceptors (Lipinski definition) is 19. The zero-order chi connectivity index (χ0) is 80.7. The van der Waals surface area contributed by atoms with Gasteiger partial charge in [-0.05, 0) is 137 Å². The number of ether oxygens (including phenoxy) is 4. The monoisotopic (exact) mass is 1580 g/mol. The summed E-state index contributed by atoms with van der Waals surface area (Å²) < 4.78 is 89.5. The molecule has 110 heavy (non-hydrogen) atoms. The summed E-state index contributed by atoms with van der Waals surface area (Å²) in [4.78, 5) is 64.9. The van der Waals surface area contributed by atoms with E-state index in [2.05, 4.69) is 22.5 Å². The fraction of sp³-hybridized carbons (Fsp3) is 0.105. The molecule has 34 heteroatoms. The van der Waals surface area contributed by atoms with E-state index in [1.165, 1.54) is 52.3 Å². The van der Waals surface area contributed by atoms with E-state index in [0.29, 0.717) is 22.1 Å². The number of esters is 1. The minimum absolute atomic E-state index is 0.00116. The van der Waals surface area contributed by atoms with Crippen molar-refractivity contribution in [2.24, 2.45) is 22.9 Å². The van der Waals surface area contributed by atoms with E-state index in [1.54, 1.807) is 0 Å². The van der Waals surface area contributed by atoms with Gasteiger partial charge in [0.2, 0.25) is 6.10 Å². The molecule has 0 bridgehead atoms. The van der Waals surface area contributed by atoms with Crippen molar-refractivity contribution in [3.05, 3.63) is 243 Å². The van der Waals surface area contributed by atoms with Crippen LogP contribution in [-0.4, -0.2) is 119 Å². The molecular weight excluding hydrogens is 1520 g/mol. The van der Waals surface area contributed by atoms with Gasteiger partial charge >= 0.3 is 30.3 Å². The predicted molar refractivity (Wildman–Crippen MR) is 414 cm³/mol. The number of aliphatic carboxylic acids is 2. The van der Waals surface area contributed by atoms with Crippen LogP contribution in [0.4, 0.5) is 37.7 Å². The number of carboxylic acid groups (broad SMARTS) is 3. The van der Waals surface area contributed by atoms with Crippen molar-refractivity contribution in [2.75, 3.05) is 37.1 Å². The SMILES string of the molecule is CC(=O)OCC#Cc1cccc2sc(C(=N)N)cc12.N=C(N)c1cc2cc(-c3ccccc3OCC(=O)Nc3ccccc3)ccc2s1.N=C(N)c1cc2ccc(OC(C(=O)Nc3ccccc3)c3ccccc3)cc2s1.N=C(N)c1cc2ccc(OCCO)cc2s1.O=C(O)C(F)(F)F.O=C(O)C(F)(F)F.O=CO. The number of aliphatic hydroxyl groups is 1. The number of nitrogen functional groups attached to an aromatic ring is 4. The highest BCUT2D eigenvalue weighted by molar-refractivity contribution is 7.22. The van der Waals surface area contributed by atoms with Gasteiger partial charge in [0, 0.05) is 59.2 Å². The number of alkyl halides is 6. The normalized spacial score (nSPS) is 10.7. The summed E-state index contributed by atoms with van der Waals surface area (Å²) in [7, 11) is 0. The van der Waals surface area contributed by atoms with E-state index >= 15 is 0 Å². The Morgan fingerprint density at radius 3 is 1.52 bits per heavy atom. The average molecular weight is 1590 g/mol. The topological polar surface area (TPSA) is 444 Å². The number of benzene rings is 8. The van der Waals surface area contributed by atoms with Gasteiger partial charge in [-0.25, -0.2) is 9.59 Å². The lowest BCUT2D eigenvalue weighted by Gasteiger charge is -2.19. The number of carbonyl (C=O) groups excluding carboxylic acids is 3. The first-order valence-corrected chi connectivity index (χ1v) is 34.7. The third-order valence-electron chi connectivity index (χ3n) is 13.8. The van der Waals surface area contributed by atoms with E-state index in [-0.39, 0.29) is 74.0 Å². The standard InChI is InChI=1S/2C23H19N3O2S.C14H12N2O2S.C11H12N2O2S.2C2HF3O2.CH2O2/c24-22(25)20-13-16-11-12-18(14-19(16)29-20)28-21(15-7-3-1-4-8-15)23(27)26-17-9-5-2-6-10-17;24-23(25)21-13-16-12-15(10-11-20(16)29-21)18-8-4-5-9-19(18)28-14-22(27)26-17-6-2-1-3-7-17;1-9(17)18-7-3-5-10-4-2-6-12-11(10)8-13(19-12)14(15)16;12-11(13)10-5-7-1-2-8(15-4-3-14)6-9(7)16-10;2*3-2(4,5)1(6)7;2-1-3/h1-14,21H,(H3,24,25)(H,26,27);1-13H,14H2,(H3,24,25)(H,26,27);2,4,6,8H,7H2,1H3,(H3,15,16);1-2,5-6,14H,3-4H2,(H3,12,13);2*(H,6,7);1H,(H,2,3). The third kappa shape index (κ3) is 27.3. The molecule has 24 nitrogen and oxygen atoms in total. The van der Waals surface area contributed by atoms with Crippen molar-refractivity contribution >= 4 is 157 Å². The number of amides is 2. The van der Waals surface area contributed by atoms with Gasteiger partial charge in [0.25, 0.3) is 18.3 Å². The highest BCUT2D eigenvalue weighted by Crippen LogP contribution is 2.36. The summed E-state index contributed by atoms with van der Waals surface area (Å²) in [6.45, 7) is 1.38. The number of hydrogen-bond donors (Lipinski definition) is 14. The van der Waals surface area contributed by atoms with Gasteiger partial charge in [0.1, 0.15) is 47.2 Å². The highest BCUT2D eigenvalue weighted by Gasteiger charge is 2.39. The molecule has 12 aromatic rings. The summed E-state index contributed by atoms with van der Waals surface area (Å²) in [5, 5.41) is 69.6. The number of carboxylic acids is 2. The molecule has 4 aromatic heterocycles. The Hall–Kier alpha value is -13.2. The van der Waals surface area contributed by atoms with Gasteiger partial charge in [-0.3, -0.25) is 40.8 Å². The minimum atomic E-state index is -5.08. The van der Waals surface area contributed by atoms with Gasteiger partial charge in [-0.15, -0.1) is 45.3 Å². The van der Waals surface area contributed by atoms with Crippen molar-refractivity contribution in [1.82, 2.24) is 0 Å². The van der Waals surface area contributed by atoms with Crippen molar-refractivity contribution in [3.63, 3.8) is 0 Å². The lowest BCUT2D eigenvalue weighted by atomic mass is 10.0. The van der Waals surface area contributed by atoms with E-state index in [1.807, 2.05) is 212 Å². The highest BCUT2D eigenvalue weighted by atomic mass is 32.1. The van der Waals surface area contributed by atoms with Crippen LogP contribution in [-0.2, 0) is 33.5 Å². The summed E-state index contributed by atoms with van der Waals surface area (Å²) in [5.74, 6) is 1.61. The maximum Gasteiger partial charge on any atom is 0.490 e. The van der Waals surface area contributed by atoms with Crippen LogP contribution in [0.15, 0.2) is 212 Å². The molecule has 0 saturated carbocycles. The van der Waals surface area contributed by atoms with Crippen LogP contribution in [0.2, 0.25) is 0 Å². The summed E-state index contributed by atoms with van der Waals surface area (Å²) in [6, 6.07) is 66.2. The number of aliphatic hydroxyl groups excluding tert-OH is 1. The molecule has 0 saturated heterocycles. The van der Waals surface area contributed by atoms with Gasteiger partial charge in [0.15, 0.2) is 13.2 Å². The third-order valence-corrected chi connectivity index (χ3v) is 18.3. The van der Waals surface area contributed by atoms with Crippen LogP contribution >= 0.6 is 45.3 Å². The molecule has 1 atom stereocenters.